The van der Waals surface area contributed by atoms with Crippen LogP contribution in [-0.4, -0.2) is 25.6 Å². The van der Waals surface area contributed by atoms with Gasteiger partial charge in [0.2, 0.25) is 0 Å². The van der Waals surface area contributed by atoms with Crippen molar-refractivity contribution < 1.29 is 27.3 Å². The van der Waals surface area contributed by atoms with Crippen molar-refractivity contribution in [1.82, 2.24) is 0 Å². The van der Waals surface area contributed by atoms with Crippen LogP contribution in [0.25, 0.3) is 0 Å². The Hall–Kier alpha value is -1.70. The summed E-state index contributed by atoms with van der Waals surface area (Å²) < 4.78 is 28.3. The van der Waals surface area contributed by atoms with Gasteiger partial charge in [-0.1, -0.05) is 0 Å². The second-order valence-corrected chi connectivity index (χ2v) is 4.10. The lowest BCUT2D eigenvalue weighted by Gasteiger charge is -1.99. The highest BCUT2D eigenvalue weighted by Gasteiger charge is 2.18. The van der Waals surface area contributed by atoms with Crippen molar-refractivity contribution in [3.63, 3.8) is 0 Å². The monoisotopic (exact) mass is 249 g/mol. The number of carbonyl (C=O) groups is 1. The first-order chi connectivity index (χ1) is 6.96. The highest BCUT2D eigenvalue weighted by atomic mass is 32.2. The van der Waals surface area contributed by atoms with Gasteiger partial charge in [-0.25, -0.2) is 9.59 Å². The summed E-state index contributed by atoms with van der Waals surface area (Å²) in [6, 6.07) is 0. The molecule has 1 rings (SSSR count). The minimum absolute atomic E-state index is 0.315. The van der Waals surface area contributed by atoms with Crippen LogP contribution in [0, 0.1) is 0 Å². The van der Waals surface area contributed by atoms with Crippen LogP contribution in [0.3, 0.4) is 0 Å². The normalized spacial score (nSPS) is 10.4. The van der Waals surface area contributed by atoms with E-state index in [2.05, 4.69) is 8.58 Å². The largest absolute Gasteiger partial charge is 0.478 e. The van der Waals surface area contributed by atoms with Crippen molar-refractivity contribution in [2.45, 2.75) is 0 Å². The molecule has 80 valence electrons. The number of isocyanates is 1. The van der Waals surface area contributed by atoms with E-state index in [0.717, 1.165) is 17.4 Å². The lowest BCUT2D eigenvalue weighted by Crippen LogP contribution is -2.07. The molecule has 0 aliphatic rings. The first-order valence-electron chi connectivity index (χ1n) is 3.29. The molecule has 0 amide bonds. The third-order valence-electron chi connectivity index (χ3n) is 1.20. The molecule has 1 aromatic heterocycles. The van der Waals surface area contributed by atoms with Crippen LogP contribution in [0.15, 0.2) is 15.2 Å². The van der Waals surface area contributed by atoms with Gasteiger partial charge in [-0.3, -0.25) is 0 Å². The molecule has 0 aliphatic heterocycles. The first-order valence-corrected chi connectivity index (χ1v) is 5.60. The van der Waals surface area contributed by atoms with Gasteiger partial charge in [0.05, 0.1) is 0 Å². The van der Waals surface area contributed by atoms with Crippen LogP contribution in [0.4, 0.5) is 0 Å². The summed E-state index contributed by atoms with van der Waals surface area (Å²) >= 11 is 0.943. The number of hydrogen-bond acceptors (Lipinski definition) is 6. The van der Waals surface area contributed by atoms with Crippen molar-refractivity contribution in [3.8, 4) is 5.75 Å². The summed E-state index contributed by atoms with van der Waals surface area (Å²) in [5, 5.41) is 11.0. The molecule has 0 atom stereocenters. The van der Waals surface area contributed by atoms with E-state index in [0.29, 0.717) is 0 Å². The predicted octanol–water partition coefficient (Wildman–Crippen LogP) is 0.406. The molecule has 0 bridgehead atoms. The molecule has 1 N–H and O–H groups in total. The zero-order chi connectivity index (χ0) is 11.5. The lowest BCUT2D eigenvalue weighted by molar-refractivity contribution is 0.0696. The van der Waals surface area contributed by atoms with Gasteiger partial charge in [0, 0.05) is 10.8 Å². The fourth-order valence-corrected chi connectivity index (χ4v) is 1.96. The zero-order valence-electron chi connectivity index (χ0n) is 6.91. The van der Waals surface area contributed by atoms with Crippen LogP contribution in [0.1, 0.15) is 10.4 Å². The molecular formula is C6H3NO6S2. The fraction of sp³-hybridized carbons (Fsp3) is 0. The van der Waals surface area contributed by atoms with E-state index in [-0.39, 0.29) is 11.3 Å². The molecule has 0 fully saturated rings. The quantitative estimate of drug-likeness (QED) is 0.611. The Morgan fingerprint density at radius 1 is 1.53 bits per heavy atom. The van der Waals surface area contributed by atoms with Crippen LogP contribution >= 0.6 is 11.3 Å². The van der Waals surface area contributed by atoms with Gasteiger partial charge in [0.15, 0.2) is 5.75 Å². The standard InChI is InChI=1S/C6H3NO6S2/c8-3-7-15(11,12)13-5-2-14-1-4(5)6(9)10/h1-2H,(H,9,10). The molecule has 0 radical (unpaired) electrons. The van der Waals surface area contributed by atoms with E-state index in [9.17, 15) is 18.0 Å². The molecule has 0 unspecified atom stereocenters. The Bertz CT molecular complexity index is 524. The van der Waals surface area contributed by atoms with E-state index >= 15 is 0 Å². The Kier molecular flexibility index (Phi) is 3.20. The van der Waals surface area contributed by atoms with Gasteiger partial charge in [0.1, 0.15) is 5.56 Å². The Labute approximate surface area is 87.9 Å². The molecule has 0 spiro atoms. The van der Waals surface area contributed by atoms with E-state index in [1.54, 1.807) is 0 Å². The lowest BCUT2D eigenvalue weighted by atomic mass is 10.3. The second kappa shape index (κ2) is 4.22. The average Bonchev–Trinajstić information content (AvgIpc) is 2.50. The van der Waals surface area contributed by atoms with E-state index < -0.39 is 16.3 Å². The van der Waals surface area contributed by atoms with Crippen LogP contribution in [0.2, 0.25) is 0 Å². The van der Waals surface area contributed by atoms with Gasteiger partial charge >= 0.3 is 16.3 Å². The number of nitrogens with zero attached hydrogens (tertiary/aromatic N) is 1. The Morgan fingerprint density at radius 3 is 2.73 bits per heavy atom. The SMILES string of the molecule is O=C=NS(=O)(=O)Oc1cscc1C(=O)O. The Morgan fingerprint density at radius 2 is 2.20 bits per heavy atom. The molecule has 15 heavy (non-hydrogen) atoms. The number of aromatic carboxylic acids is 1. The van der Waals surface area contributed by atoms with Gasteiger partial charge in [-0.05, 0) is 4.40 Å². The summed E-state index contributed by atoms with van der Waals surface area (Å²) in [7, 11) is -4.47. The summed E-state index contributed by atoms with van der Waals surface area (Å²) in [5.74, 6) is -1.72. The summed E-state index contributed by atoms with van der Waals surface area (Å²) in [6.07, 6.45) is 0.787. The molecule has 7 nitrogen and oxygen atoms in total. The van der Waals surface area contributed by atoms with Gasteiger partial charge in [-0.15, -0.1) is 11.3 Å². The highest BCUT2D eigenvalue weighted by molar-refractivity contribution is 7.85. The van der Waals surface area contributed by atoms with Crippen LogP contribution in [0.5, 0.6) is 5.75 Å². The average molecular weight is 249 g/mol. The van der Waals surface area contributed by atoms with Crippen molar-refractivity contribution >= 4 is 33.7 Å². The van der Waals surface area contributed by atoms with Crippen molar-refractivity contribution in [3.05, 3.63) is 16.3 Å². The van der Waals surface area contributed by atoms with E-state index in [1.807, 2.05) is 0 Å². The molecule has 0 aromatic carbocycles. The smallest absolute Gasteiger partial charge is 0.439 e. The maximum absolute atomic E-state index is 10.8. The van der Waals surface area contributed by atoms with Gasteiger partial charge in [-0.2, -0.15) is 8.42 Å². The van der Waals surface area contributed by atoms with Crippen molar-refractivity contribution in [2.75, 3.05) is 0 Å². The fourth-order valence-electron chi connectivity index (χ4n) is 0.683. The van der Waals surface area contributed by atoms with Crippen LogP contribution < -0.4 is 4.18 Å². The summed E-state index contributed by atoms with van der Waals surface area (Å²) in [6.45, 7) is 0. The maximum atomic E-state index is 10.8. The number of rotatable bonds is 4. The molecule has 0 saturated heterocycles. The third-order valence-corrected chi connectivity index (χ3v) is 2.61. The second-order valence-electron chi connectivity index (χ2n) is 2.15. The third kappa shape index (κ3) is 2.88. The molecule has 1 aromatic rings. The minimum Gasteiger partial charge on any atom is -0.478 e. The maximum Gasteiger partial charge on any atom is 0.439 e. The minimum atomic E-state index is -4.47. The number of carboxylic acid groups (broad SMARTS) is 1. The topological polar surface area (TPSA) is 110 Å². The highest BCUT2D eigenvalue weighted by Crippen LogP contribution is 2.25. The number of thiophene rings is 1. The number of carbonyl (C=O) groups excluding carboxylic acids is 1. The molecule has 1 heterocycles. The summed E-state index contributed by atoms with van der Waals surface area (Å²) in [4.78, 5) is 20.3. The van der Waals surface area contributed by atoms with Crippen molar-refractivity contribution in [1.29, 1.82) is 0 Å². The predicted molar refractivity (Wildman–Crippen MR) is 48.9 cm³/mol. The van der Waals surface area contributed by atoms with Gasteiger partial charge in [0.25, 0.3) is 6.08 Å². The first kappa shape index (κ1) is 11.4. The van der Waals surface area contributed by atoms with Crippen LogP contribution in [-0.2, 0) is 15.1 Å². The Balaban J connectivity index is 3.05. The number of carboxylic acids is 1. The molecular weight excluding hydrogens is 246 g/mol. The van der Waals surface area contributed by atoms with Crippen molar-refractivity contribution in [2.24, 2.45) is 4.40 Å². The molecule has 9 heteroatoms. The van der Waals surface area contributed by atoms with E-state index in [1.165, 1.54) is 10.8 Å². The zero-order valence-corrected chi connectivity index (χ0v) is 8.54. The van der Waals surface area contributed by atoms with E-state index in [4.69, 9.17) is 5.11 Å². The number of hydrogen-bond donors (Lipinski definition) is 1. The molecule has 0 saturated carbocycles. The van der Waals surface area contributed by atoms with Gasteiger partial charge < -0.3 is 9.29 Å². The molecule has 0 aliphatic carbocycles. The summed E-state index contributed by atoms with van der Waals surface area (Å²) in [5.41, 5.74) is -0.315.